The number of amides is 6. The Morgan fingerprint density at radius 3 is 1.06 bits per heavy atom. The molecule has 12 atom stereocenters. The molecular weight excluding hydrogens is 849 g/mol. The van der Waals surface area contributed by atoms with Crippen molar-refractivity contribution in [1.82, 2.24) is 41.3 Å². The molecule has 16 heteroatoms. The van der Waals surface area contributed by atoms with Gasteiger partial charge in [0.15, 0.2) is 0 Å². The van der Waals surface area contributed by atoms with Gasteiger partial charge in [0.2, 0.25) is 35.4 Å². The van der Waals surface area contributed by atoms with Crippen LogP contribution in [0.4, 0.5) is 0 Å². The quantitative estimate of drug-likeness (QED) is 0.0946. The maximum atomic E-state index is 14.2. The highest BCUT2D eigenvalue weighted by molar-refractivity contribution is 5.87. The van der Waals surface area contributed by atoms with Gasteiger partial charge in [-0.25, -0.2) is 0 Å². The Kier molecular flexibility index (Phi) is 16.6. The topological polar surface area (TPSA) is 224 Å². The zero-order valence-corrected chi connectivity index (χ0v) is 43.2. The minimum atomic E-state index is -0.483. The first kappa shape index (κ1) is 53.0. The van der Waals surface area contributed by atoms with E-state index in [0.29, 0.717) is 75.9 Å². The first-order valence-electron chi connectivity index (χ1n) is 26.0. The van der Waals surface area contributed by atoms with Crippen molar-refractivity contribution in [1.29, 1.82) is 0 Å². The Labute approximate surface area is 402 Å². The number of likely N-dealkylation sites (tertiary alicyclic amines) is 3. The maximum absolute atomic E-state index is 14.2. The average Bonchev–Trinajstić information content (AvgIpc) is 3.96. The monoisotopic (exact) mass is 939 g/mol. The van der Waals surface area contributed by atoms with Crippen LogP contribution in [0.3, 0.4) is 0 Å². The van der Waals surface area contributed by atoms with E-state index in [1.54, 1.807) is 0 Å². The molecular formula is C51H90N10O6. The van der Waals surface area contributed by atoms with Crippen molar-refractivity contribution in [2.45, 2.75) is 195 Å². The molecule has 3 aliphatic heterocycles. The minimum Gasteiger partial charge on any atom is -0.368 e. The summed E-state index contributed by atoms with van der Waals surface area (Å²) in [5.41, 5.74) is 10.8. The number of nitrogens with one attached hydrogen (secondary N) is 5. The third kappa shape index (κ3) is 11.8. The fourth-order valence-corrected chi connectivity index (χ4v) is 12.0. The Balaban J connectivity index is 0.999. The van der Waals surface area contributed by atoms with Crippen LogP contribution < -0.4 is 38.1 Å². The van der Waals surface area contributed by atoms with Crippen LogP contribution in [0.1, 0.15) is 141 Å². The van der Waals surface area contributed by atoms with Crippen molar-refractivity contribution in [3.63, 3.8) is 0 Å². The van der Waals surface area contributed by atoms with E-state index in [4.69, 9.17) is 11.5 Å². The van der Waals surface area contributed by atoms with Crippen molar-refractivity contribution in [3.8, 4) is 0 Å². The molecule has 0 aromatic rings. The second-order valence-corrected chi connectivity index (χ2v) is 24.9. The number of nitrogens with two attached hydrogens (primary N) is 2. The summed E-state index contributed by atoms with van der Waals surface area (Å²) in [6.45, 7) is 29.3. The molecule has 0 aromatic heterocycles. The van der Waals surface area contributed by atoms with Crippen LogP contribution in [-0.2, 0) is 28.8 Å². The summed E-state index contributed by atoms with van der Waals surface area (Å²) in [6, 6.07) is -1.99. The molecule has 3 aliphatic carbocycles. The zero-order chi connectivity index (χ0) is 49.5. The molecule has 3 heterocycles. The van der Waals surface area contributed by atoms with Gasteiger partial charge in [-0.1, -0.05) is 83.1 Å². The van der Waals surface area contributed by atoms with Crippen LogP contribution in [0.5, 0.6) is 0 Å². The third-order valence-corrected chi connectivity index (χ3v) is 17.6. The van der Waals surface area contributed by atoms with Gasteiger partial charge < -0.3 is 38.1 Å². The summed E-state index contributed by atoms with van der Waals surface area (Å²) >= 11 is 0. The lowest BCUT2D eigenvalue weighted by atomic mass is 9.58. The second kappa shape index (κ2) is 20.9. The highest BCUT2D eigenvalue weighted by Crippen LogP contribution is 2.48. The Morgan fingerprint density at radius 1 is 0.463 bits per heavy atom. The molecule has 1 unspecified atom stereocenters. The van der Waals surface area contributed by atoms with Crippen LogP contribution in [0, 0.1) is 51.8 Å². The van der Waals surface area contributed by atoms with Crippen LogP contribution in [0.15, 0.2) is 0 Å². The van der Waals surface area contributed by atoms with E-state index in [9.17, 15) is 28.8 Å². The number of hydrogen-bond acceptors (Lipinski definition) is 10. The summed E-state index contributed by atoms with van der Waals surface area (Å²) in [5.74, 6) is 0.163. The predicted molar refractivity (Wildman–Crippen MR) is 261 cm³/mol. The second-order valence-electron chi connectivity index (χ2n) is 24.9. The highest BCUT2D eigenvalue weighted by Gasteiger charge is 2.56. The number of carbonyl (C=O) groups is 6. The van der Waals surface area contributed by atoms with Crippen molar-refractivity contribution in [2.75, 3.05) is 39.3 Å². The largest absolute Gasteiger partial charge is 0.368 e. The van der Waals surface area contributed by atoms with E-state index in [1.165, 1.54) is 0 Å². The van der Waals surface area contributed by atoms with E-state index in [0.717, 1.165) is 38.9 Å². The summed E-state index contributed by atoms with van der Waals surface area (Å²) < 4.78 is 0. The Morgan fingerprint density at radius 2 is 0.776 bits per heavy atom. The molecule has 0 bridgehead atoms. The summed E-state index contributed by atoms with van der Waals surface area (Å²) in [7, 11) is 0. The molecule has 9 N–H and O–H groups in total. The van der Waals surface area contributed by atoms with E-state index < -0.39 is 16.9 Å². The Bertz CT molecular complexity index is 1820. The van der Waals surface area contributed by atoms with Crippen molar-refractivity contribution < 1.29 is 28.8 Å². The van der Waals surface area contributed by atoms with Crippen molar-refractivity contribution in [2.24, 2.45) is 63.2 Å². The Hall–Kier alpha value is -3.34. The minimum absolute atomic E-state index is 0.00862. The normalized spacial score (nSPS) is 34.6. The van der Waals surface area contributed by atoms with Crippen molar-refractivity contribution in [3.05, 3.63) is 0 Å². The van der Waals surface area contributed by atoms with Gasteiger partial charge in [0.1, 0.15) is 0 Å². The van der Waals surface area contributed by atoms with Gasteiger partial charge in [0, 0.05) is 73.6 Å². The van der Waals surface area contributed by atoms with E-state index in [-0.39, 0.29) is 107 Å². The average molecular weight is 939 g/mol. The molecule has 6 amide bonds. The molecule has 380 valence electrons. The SMILES string of the molecule is CC(C)CCN1C[C@@H](NC(=O)[C@H]2CC(NC(=O)[C@@H]3C[C@H](NC(=O)[C@H]4C[C@@H](NC(=O)[C@@H]5C[C@H](NC(=O)[C@H]6C[C@@H](N)C6(C)C)CN5CCC(C)C)C4(C)C)CN3CCC(C)C)C2(C)C)C[C@H]1C(N)=O. The first-order chi connectivity index (χ1) is 31.2. The summed E-state index contributed by atoms with van der Waals surface area (Å²) in [4.78, 5) is 88.0. The predicted octanol–water partition coefficient (Wildman–Crippen LogP) is 2.72. The molecule has 6 aliphatic rings. The molecule has 67 heavy (non-hydrogen) atoms. The van der Waals surface area contributed by atoms with Crippen LogP contribution in [-0.4, -0.2) is 144 Å². The molecule has 0 aromatic carbocycles. The van der Waals surface area contributed by atoms with Crippen LogP contribution in [0.2, 0.25) is 0 Å². The fraction of sp³-hybridized carbons (Fsp3) is 0.882. The van der Waals surface area contributed by atoms with Gasteiger partial charge in [-0.05, 0) is 111 Å². The van der Waals surface area contributed by atoms with Crippen LogP contribution in [0.25, 0.3) is 0 Å². The summed E-state index contributed by atoms with van der Waals surface area (Å²) in [5, 5.41) is 16.4. The molecule has 3 saturated carbocycles. The molecule has 0 spiro atoms. The first-order valence-corrected chi connectivity index (χ1v) is 26.0. The van der Waals surface area contributed by atoms with E-state index in [1.807, 2.05) is 41.5 Å². The van der Waals surface area contributed by atoms with Crippen molar-refractivity contribution >= 4 is 35.4 Å². The van der Waals surface area contributed by atoms with Gasteiger partial charge >= 0.3 is 0 Å². The molecule has 0 radical (unpaired) electrons. The lowest BCUT2D eigenvalue weighted by molar-refractivity contribution is -0.142. The fourth-order valence-electron chi connectivity index (χ4n) is 12.0. The lowest BCUT2D eigenvalue weighted by Gasteiger charge is -2.51. The van der Waals surface area contributed by atoms with Gasteiger partial charge in [0.05, 0.1) is 18.1 Å². The van der Waals surface area contributed by atoms with E-state index in [2.05, 4.69) is 82.8 Å². The van der Waals surface area contributed by atoms with Gasteiger partial charge in [-0.15, -0.1) is 0 Å². The molecule has 6 fully saturated rings. The lowest BCUT2D eigenvalue weighted by Crippen LogP contribution is -2.64. The number of nitrogens with zero attached hydrogens (tertiary/aromatic N) is 3. The van der Waals surface area contributed by atoms with Gasteiger partial charge in [-0.2, -0.15) is 0 Å². The smallest absolute Gasteiger partial charge is 0.237 e. The third-order valence-electron chi connectivity index (χ3n) is 17.6. The number of carbonyl (C=O) groups excluding carboxylic acids is 6. The number of hydrogen-bond donors (Lipinski definition) is 7. The van der Waals surface area contributed by atoms with Gasteiger partial charge in [0.25, 0.3) is 0 Å². The number of primary amides is 1. The molecule has 16 nitrogen and oxygen atoms in total. The molecule has 6 rings (SSSR count). The standard InChI is InChI=1S/C51H90N10O6/c1-28(2)13-16-59-25-31(19-37(59)43(53)62)54-45(64)35-23-41(50(35,9)10)57-48(67)39-21-33(27-61(39)18-15-30(5)6)56-46(65)36-24-42(51(36,11)12)58-47(66)38-20-32(26-60(38)17-14-29(3)4)55-44(63)34-22-40(52)49(34,7)8/h28-42H,13-27,52H2,1-12H3,(H2,53,62)(H,54,64)(H,55,63)(H,56,65)(H,57,67)(H,58,66)/t31-,32-,33-,34+,35+,36+,37-,38-,39-,40+,41?,42+/m0/s1. The highest BCUT2D eigenvalue weighted by atomic mass is 16.2. The van der Waals surface area contributed by atoms with E-state index >= 15 is 0 Å². The van der Waals surface area contributed by atoms with Gasteiger partial charge in [-0.3, -0.25) is 43.5 Å². The molecule has 3 saturated heterocycles. The number of rotatable bonds is 20. The van der Waals surface area contributed by atoms with Crippen LogP contribution >= 0.6 is 0 Å². The maximum Gasteiger partial charge on any atom is 0.237 e. The summed E-state index contributed by atoms with van der Waals surface area (Å²) in [6.07, 6.45) is 6.09. The zero-order valence-electron chi connectivity index (χ0n) is 43.2.